The standard InChI is InChI=1S/C16H22O11S/c1-7(17)23-5-11-13(24-8(2)18)14(25-9(3)19)15(26-10(4)20)16(27-11)28-6-12(21)22/h11,13-16H,5-6H2,1-4H3,(H,21,22)/t11-,13+,14+,15-,16+/m1/s1. The minimum atomic E-state index is -1.30. The van der Waals surface area contributed by atoms with Gasteiger partial charge in [-0.2, -0.15) is 0 Å². The van der Waals surface area contributed by atoms with E-state index in [0.29, 0.717) is 0 Å². The lowest BCUT2D eigenvalue weighted by molar-refractivity contribution is -0.237. The quantitative estimate of drug-likeness (QED) is 0.410. The van der Waals surface area contributed by atoms with E-state index in [-0.39, 0.29) is 6.61 Å². The van der Waals surface area contributed by atoms with Crippen molar-refractivity contribution in [2.24, 2.45) is 0 Å². The molecule has 11 nitrogen and oxygen atoms in total. The van der Waals surface area contributed by atoms with Crippen LogP contribution in [0.25, 0.3) is 0 Å². The van der Waals surface area contributed by atoms with Crippen LogP contribution < -0.4 is 0 Å². The molecule has 1 aliphatic rings. The number of ether oxygens (including phenoxy) is 5. The molecule has 0 saturated carbocycles. The normalized spacial score (nSPS) is 26.6. The highest BCUT2D eigenvalue weighted by Crippen LogP contribution is 2.34. The molecule has 0 unspecified atom stereocenters. The van der Waals surface area contributed by atoms with Crippen LogP contribution in [0.5, 0.6) is 0 Å². The lowest BCUT2D eigenvalue weighted by Crippen LogP contribution is -2.61. The summed E-state index contributed by atoms with van der Waals surface area (Å²) in [6.07, 6.45) is -4.91. The van der Waals surface area contributed by atoms with Crippen LogP contribution in [0.15, 0.2) is 0 Å². The Kier molecular flexibility index (Phi) is 9.19. The van der Waals surface area contributed by atoms with Crippen molar-refractivity contribution in [3.8, 4) is 0 Å². The number of carboxylic acids is 1. The van der Waals surface area contributed by atoms with Gasteiger partial charge in [-0.25, -0.2) is 0 Å². The summed E-state index contributed by atoms with van der Waals surface area (Å²) in [5, 5.41) is 8.93. The lowest BCUT2D eigenvalue weighted by atomic mass is 9.99. The zero-order valence-electron chi connectivity index (χ0n) is 15.7. The summed E-state index contributed by atoms with van der Waals surface area (Å²) < 4.78 is 26.2. The van der Waals surface area contributed by atoms with Gasteiger partial charge in [-0.15, -0.1) is 11.8 Å². The molecule has 1 heterocycles. The van der Waals surface area contributed by atoms with E-state index in [0.717, 1.165) is 39.5 Å². The molecular weight excluding hydrogens is 400 g/mol. The average Bonchev–Trinajstić information content (AvgIpc) is 2.54. The van der Waals surface area contributed by atoms with Gasteiger partial charge in [-0.3, -0.25) is 24.0 Å². The minimum absolute atomic E-state index is 0.359. The molecule has 0 aromatic heterocycles. The second-order valence-electron chi connectivity index (χ2n) is 5.77. The molecule has 0 aromatic rings. The zero-order chi connectivity index (χ0) is 21.4. The molecule has 1 fully saturated rings. The summed E-state index contributed by atoms with van der Waals surface area (Å²) >= 11 is 0.774. The van der Waals surface area contributed by atoms with Gasteiger partial charge in [0, 0.05) is 27.7 Å². The summed E-state index contributed by atoms with van der Waals surface area (Å²) in [6, 6.07) is 0. The van der Waals surface area contributed by atoms with Gasteiger partial charge in [0.1, 0.15) is 18.1 Å². The van der Waals surface area contributed by atoms with Crippen LogP contribution in [-0.4, -0.2) is 77.2 Å². The van der Waals surface area contributed by atoms with Crippen LogP contribution in [0.3, 0.4) is 0 Å². The van der Waals surface area contributed by atoms with E-state index in [1.807, 2.05) is 0 Å². The van der Waals surface area contributed by atoms with Crippen molar-refractivity contribution in [3.63, 3.8) is 0 Å². The van der Waals surface area contributed by atoms with E-state index >= 15 is 0 Å². The van der Waals surface area contributed by atoms with Crippen LogP contribution in [0.2, 0.25) is 0 Å². The molecule has 5 atom stereocenters. The molecule has 1 N–H and O–H groups in total. The van der Waals surface area contributed by atoms with Crippen LogP contribution in [0.1, 0.15) is 27.7 Å². The molecule has 12 heteroatoms. The number of rotatable bonds is 8. The summed E-state index contributed by atoms with van der Waals surface area (Å²) in [6.45, 7) is 4.12. The Morgan fingerprint density at radius 3 is 1.79 bits per heavy atom. The van der Waals surface area contributed by atoms with Gasteiger partial charge in [-0.1, -0.05) is 0 Å². The summed E-state index contributed by atoms with van der Waals surface area (Å²) in [5.41, 5.74) is -1.09. The van der Waals surface area contributed by atoms with Crippen molar-refractivity contribution < 1.29 is 52.8 Å². The Bertz CT molecular complexity index is 576. The highest BCUT2D eigenvalue weighted by molar-refractivity contribution is 8.00. The van der Waals surface area contributed by atoms with Crippen molar-refractivity contribution in [2.75, 3.05) is 12.4 Å². The minimum Gasteiger partial charge on any atom is -0.481 e. The number of hydrogen-bond donors (Lipinski definition) is 1. The topological polar surface area (TPSA) is 152 Å². The SMILES string of the molecule is CC(=O)OC[C@H]1O[C@@H](SCC(=O)O)[C@H](OC(C)=O)[C@@H](OC(C)=O)[C@H]1OC(C)=O. The zero-order valence-corrected chi connectivity index (χ0v) is 16.6. The third-order valence-corrected chi connectivity index (χ3v) is 4.44. The smallest absolute Gasteiger partial charge is 0.313 e. The van der Waals surface area contributed by atoms with Crippen molar-refractivity contribution in [1.82, 2.24) is 0 Å². The van der Waals surface area contributed by atoms with Gasteiger partial charge in [0.2, 0.25) is 0 Å². The maximum Gasteiger partial charge on any atom is 0.313 e. The molecule has 0 amide bonds. The van der Waals surface area contributed by atoms with E-state index in [2.05, 4.69) is 0 Å². The van der Waals surface area contributed by atoms with E-state index < -0.39 is 65.5 Å². The molecule has 0 bridgehead atoms. The number of aliphatic carboxylic acids is 1. The first kappa shape index (κ1) is 23.7. The van der Waals surface area contributed by atoms with E-state index in [4.69, 9.17) is 28.8 Å². The molecule has 1 rings (SSSR count). The summed E-state index contributed by atoms with van der Waals surface area (Å²) in [4.78, 5) is 56.7. The van der Waals surface area contributed by atoms with Crippen molar-refractivity contribution >= 4 is 41.6 Å². The van der Waals surface area contributed by atoms with E-state index in [9.17, 15) is 24.0 Å². The first-order chi connectivity index (χ1) is 13.0. The molecule has 1 aliphatic heterocycles. The van der Waals surface area contributed by atoms with Gasteiger partial charge in [0.05, 0.1) is 5.75 Å². The third kappa shape index (κ3) is 7.72. The molecule has 0 aromatic carbocycles. The van der Waals surface area contributed by atoms with Gasteiger partial charge in [-0.05, 0) is 0 Å². The second-order valence-corrected chi connectivity index (χ2v) is 6.86. The fraction of sp³-hybridized carbons (Fsp3) is 0.688. The number of thioether (sulfide) groups is 1. The Balaban J connectivity index is 3.26. The van der Waals surface area contributed by atoms with E-state index in [1.54, 1.807) is 0 Å². The number of hydrogen-bond acceptors (Lipinski definition) is 11. The number of carboxylic acid groups (broad SMARTS) is 1. The first-order valence-corrected chi connectivity index (χ1v) is 9.20. The molecule has 28 heavy (non-hydrogen) atoms. The lowest BCUT2D eigenvalue weighted by Gasteiger charge is -2.44. The maximum absolute atomic E-state index is 11.6. The maximum atomic E-state index is 11.6. The van der Waals surface area contributed by atoms with Gasteiger partial charge in [0.15, 0.2) is 18.3 Å². The van der Waals surface area contributed by atoms with Gasteiger partial charge in [0.25, 0.3) is 0 Å². The van der Waals surface area contributed by atoms with Crippen LogP contribution in [0, 0.1) is 0 Å². The Morgan fingerprint density at radius 1 is 0.821 bits per heavy atom. The fourth-order valence-electron chi connectivity index (χ4n) is 2.48. The average molecular weight is 422 g/mol. The third-order valence-electron chi connectivity index (χ3n) is 3.32. The fourth-order valence-corrected chi connectivity index (χ4v) is 3.40. The molecule has 0 spiro atoms. The predicted octanol–water partition coefficient (Wildman–Crippen LogP) is -0.113. The van der Waals surface area contributed by atoms with Crippen molar-refractivity contribution in [3.05, 3.63) is 0 Å². The summed E-state index contributed by atoms with van der Waals surface area (Å²) in [7, 11) is 0. The van der Waals surface area contributed by atoms with Crippen molar-refractivity contribution in [1.29, 1.82) is 0 Å². The van der Waals surface area contributed by atoms with Crippen molar-refractivity contribution in [2.45, 2.75) is 57.5 Å². The second kappa shape index (κ2) is 10.9. The molecular formula is C16H22O11S. The van der Waals surface area contributed by atoms with E-state index in [1.165, 1.54) is 0 Å². The van der Waals surface area contributed by atoms with Gasteiger partial charge < -0.3 is 28.8 Å². The van der Waals surface area contributed by atoms with Gasteiger partial charge >= 0.3 is 29.8 Å². The number of esters is 4. The Labute approximate surface area is 165 Å². The monoisotopic (exact) mass is 422 g/mol. The first-order valence-electron chi connectivity index (χ1n) is 8.15. The molecule has 158 valence electrons. The van der Waals surface area contributed by atoms with Crippen LogP contribution in [-0.2, 0) is 47.7 Å². The molecule has 0 radical (unpaired) electrons. The molecule has 1 saturated heterocycles. The van der Waals surface area contributed by atoms with Crippen LogP contribution in [0.4, 0.5) is 0 Å². The summed E-state index contributed by atoms with van der Waals surface area (Å²) in [5.74, 6) is -4.44. The largest absolute Gasteiger partial charge is 0.481 e. The number of carbonyl (C=O) groups is 5. The Morgan fingerprint density at radius 2 is 1.32 bits per heavy atom. The van der Waals surface area contributed by atoms with Crippen LogP contribution >= 0.6 is 11.8 Å². The molecule has 0 aliphatic carbocycles. The highest BCUT2D eigenvalue weighted by atomic mass is 32.2. The number of carbonyl (C=O) groups excluding carboxylic acids is 4. The highest BCUT2D eigenvalue weighted by Gasteiger charge is 2.52. The predicted molar refractivity (Wildman–Crippen MR) is 92.0 cm³/mol. The Hall–Kier alpha value is -2.34.